The lowest BCUT2D eigenvalue weighted by Gasteiger charge is -2.59. The maximum absolute atomic E-state index is 13.5. The van der Waals surface area contributed by atoms with E-state index in [4.69, 9.17) is 33.3 Å². The predicted molar refractivity (Wildman–Crippen MR) is 211 cm³/mol. The maximum atomic E-state index is 13.5. The molecule has 3 N–H and O–H groups in total. The number of anilines is 1. The molecule has 306 valence electrons. The number of rotatable bonds is 19. The second-order valence-corrected chi connectivity index (χ2v) is 14.1. The molecule has 0 radical (unpaired) electrons. The third-order valence-corrected chi connectivity index (χ3v) is 10.8. The van der Waals surface area contributed by atoms with Crippen molar-refractivity contribution in [2.75, 3.05) is 59.6 Å². The van der Waals surface area contributed by atoms with Crippen molar-refractivity contribution in [1.29, 1.82) is 0 Å². The lowest BCUT2D eigenvalue weighted by molar-refractivity contribution is -0.253. The molecule has 14 nitrogen and oxygen atoms in total. The van der Waals surface area contributed by atoms with Crippen molar-refractivity contribution in [2.45, 2.75) is 76.5 Å². The van der Waals surface area contributed by atoms with E-state index >= 15 is 0 Å². The molecular weight excluding hydrogens is 722 g/mol. The standard InChI is InChI=1S/C42H57N3O11/c1-7-22-53-42-37(45(4)41(49)52-8-2)26-34(44-54-9-3)31-23-27(14-10-12-20-46)30(15-11-13-21-47)38(39(31)42)32-24-29(17-19-35(32)56-42)55-40(48)43-33-18-16-28(50-5)25-36(33)51-6/h7,16-19,23-25,27,30,37-39,46-47H,1,8-15,20-22,26H2,2-6H3,(H,43,48)/t27-,30+,37-,38+,39+,42+/m0/s1. The zero-order valence-electron chi connectivity index (χ0n) is 33.2. The van der Waals surface area contributed by atoms with Gasteiger partial charge in [-0.2, -0.15) is 0 Å². The van der Waals surface area contributed by atoms with Crippen molar-refractivity contribution in [3.05, 3.63) is 66.3 Å². The molecule has 14 heteroatoms. The number of likely N-dealkylation sites (N-methyl/N-ethyl adjacent to an activating group) is 1. The van der Waals surface area contributed by atoms with Gasteiger partial charge in [-0.1, -0.05) is 30.1 Å². The average molecular weight is 780 g/mol. The molecule has 0 aromatic heterocycles. The number of oxime groups is 1. The monoisotopic (exact) mass is 779 g/mol. The van der Waals surface area contributed by atoms with Crippen LogP contribution in [-0.2, 0) is 14.3 Å². The number of aliphatic hydroxyl groups excluding tert-OH is 2. The number of carbonyl (C=O) groups excluding carboxylic acids is 2. The van der Waals surface area contributed by atoms with Crippen LogP contribution in [-0.4, -0.2) is 99.1 Å². The van der Waals surface area contributed by atoms with Crippen molar-refractivity contribution in [2.24, 2.45) is 22.9 Å². The number of ether oxygens (including phenoxy) is 6. The van der Waals surface area contributed by atoms with Crippen molar-refractivity contribution < 1.29 is 53.1 Å². The maximum Gasteiger partial charge on any atom is 0.417 e. The summed E-state index contributed by atoms with van der Waals surface area (Å²) in [5.74, 6) is -0.392. The van der Waals surface area contributed by atoms with Gasteiger partial charge in [-0.05, 0) is 87.3 Å². The highest BCUT2D eigenvalue weighted by Crippen LogP contribution is 2.61. The third-order valence-electron chi connectivity index (χ3n) is 10.8. The number of nitrogens with one attached hydrogen (secondary N) is 1. The second-order valence-electron chi connectivity index (χ2n) is 14.1. The van der Waals surface area contributed by atoms with Gasteiger partial charge in [-0.25, -0.2) is 9.59 Å². The number of aliphatic hydroxyl groups is 2. The fraction of sp³-hybridized carbons (Fsp3) is 0.548. The number of unbranched alkanes of at least 4 members (excludes halogenated alkanes) is 2. The number of carbonyl (C=O) groups is 2. The fourth-order valence-corrected chi connectivity index (χ4v) is 8.43. The molecule has 56 heavy (non-hydrogen) atoms. The van der Waals surface area contributed by atoms with Crippen molar-refractivity contribution >= 4 is 23.6 Å². The molecule has 2 amide bonds. The molecule has 1 heterocycles. The minimum Gasteiger partial charge on any atom is -0.497 e. The molecule has 2 aromatic carbocycles. The molecule has 1 fully saturated rings. The van der Waals surface area contributed by atoms with Crippen molar-refractivity contribution in [3.8, 4) is 23.0 Å². The van der Waals surface area contributed by atoms with Crippen LogP contribution in [0.25, 0.3) is 0 Å². The van der Waals surface area contributed by atoms with Crippen molar-refractivity contribution in [3.63, 3.8) is 0 Å². The van der Waals surface area contributed by atoms with E-state index in [0.29, 0.717) is 48.1 Å². The lowest BCUT2D eigenvalue weighted by Crippen LogP contribution is -2.69. The van der Waals surface area contributed by atoms with Gasteiger partial charge in [0.15, 0.2) is 0 Å². The van der Waals surface area contributed by atoms with Crippen LogP contribution in [0, 0.1) is 17.8 Å². The minimum atomic E-state index is -1.42. The molecular formula is C42H57N3O11. The zero-order valence-corrected chi connectivity index (χ0v) is 33.2. The summed E-state index contributed by atoms with van der Waals surface area (Å²) in [7, 11) is 4.72. The second kappa shape index (κ2) is 19.9. The number of amides is 2. The van der Waals surface area contributed by atoms with E-state index in [9.17, 15) is 19.8 Å². The molecule has 0 unspecified atom stereocenters. The molecule has 0 bridgehead atoms. The van der Waals surface area contributed by atoms with Gasteiger partial charge in [0.1, 0.15) is 35.6 Å². The third kappa shape index (κ3) is 9.08. The van der Waals surface area contributed by atoms with Gasteiger partial charge >= 0.3 is 12.2 Å². The van der Waals surface area contributed by atoms with Gasteiger partial charge in [-0.15, -0.1) is 6.58 Å². The van der Waals surface area contributed by atoms with Crippen LogP contribution in [0.5, 0.6) is 23.0 Å². The molecule has 3 aliphatic rings. The summed E-state index contributed by atoms with van der Waals surface area (Å²) in [4.78, 5) is 34.1. The Hall–Kier alpha value is -4.79. The van der Waals surface area contributed by atoms with Gasteiger partial charge in [0.05, 0.1) is 44.8 Å². The highest BCUT2D eigenvalue weighted by atomic mass is 16.7. The Morgan fingerprint density at radius 1 is 1.02 bits per heavy atom. The SMILES string of the molecule is C=CCO[C@@]12Oc3ccc(OC(=O)Nc4ccc(OC)cc4OC)cc3[C@H]3[C@H](CCCCO)[C@@H](CCCCO)C=C(C(=NOCC)C[C@@H]1N(C)C(=O)OCC)[C@H]32. The van der Waals surface area contributed by atoms with Crippen LogP contribution >= 0.6 is 0 Å². The summed E-state index contributed by atoms with van der Waals surface area (Å²) < 4.78 is 36.1. The zero-order chi connectivity index (χ0) is 40.2. The smallest absolute Gasteiger partial charge is 0.417 e. The number of methoxy groups -OCH3 is 2. The number of allylic oxidation sites excluding steroid dienone is 1. The first-order chi connectivity index (χ1) is 27.2. The van der Waals surface area contributed by atoms with Gasteiger partial charge in [-0.3, -0.25) is 5.32 Å². The molecule has 1 saturated carbocycles. The molecule has 6 atom stereocenters. The Kier molecular flexibility index (Phi) is 15.0. The topological polar surface area (TPSA) is 167 Å². The van der Waals surface area contributed by atoms with Crippen LogP contribution in [0.3, 0.4) is 0 Å². The van der Waals surface area contributed by atoms with Crippen LogP contribution in [0.1, 0.15) is 70.3 Å². The number of hydrogen-bond donors (Lipinski definition) is 3. The molecule has 1 aliphatic heterocycles. The number of hydrogen-bond acceptors (Lipinski definition) is 12. The normalized spacial score (nSPS) is 24.1. The van der Waals surface area contributed by atoms with Crippen LogP contribution in [0.2, 0.25) is 0 Å². The molecule has 0 spiro atoms. The van der Waals surface area contributed by atoms with Crippen LogP contribution < -0.4 is 24.3 Å². The number of nitrogens with zero attached hydrogens (tertiary/aromatic N) is 2. The van der Waals surface area contributed by atoms with E-state index in [0.717, 1.165) is 36.8 Å². The molecule has 0 saturated heterocycles. The van der Waals surface area contributed by atoms with E-state index in [1.807, 2.05) is 13.0 Å². The first-order valence-corrected chi connectivity index (χ1v) is 19.5. The largest absolute Gasteiger partial charge is 0.497 e. The van der Waals surface area contributed by atoms with Crippen LogP contribution in [0.4, 0.5) is 15.3 Å². The van der Waals surface area contributed by atoms with Gasteiger partial charge in [0, 0.05) is 44.2 Å². The van der Waals surface area contributed by atoms with Crippen LogP contribution in [0.15, 0.2) is 65.9 Å². The Balaban J connectivity index is 1.67. The van der Waals surface area contributed by atoms with E-state index in [2.05, 4.69) is 23.1 Å². The van der Waals surface area contributed by atoms with E-state index in [-0.39, 0.29) is 56.4 Å². The Morgan fingerprint density at radius 2 is 1.77 bits per heavy atom. The van der Waals surface area contributed by atoms with E-state index < -0.39 is 29.9 Å². The summed E-state index contributed by atoms with van der Waals surface area (Å²) >= 11 is 0. The Bertz CT molecular complexity index is 1730. The first kappa shape index (κ1) is 42.4. The molecule has 2 aliphatic carbocycles. The lowest BCUT2D eigenvalue weighted by atomic mass is 9.55. The quantitative estimate of drug-likeness (QED) is 0.0759. The highest BCUT2D eigenvalue weighted by Gasteiger charge is 2.65. The number of benzene rings is 2. The molecule has 2 aromatic rings. The summed E-state index contributed by atoms with van der Waals surface area (Å²) in [6, 6.07) is 9.61. The molecule has 5 rings (SSSR count). The minimum absolute atomic E-state index is 0.00372. The Morgan fingerprint density at radius 3 is 2.45 bits per heavy atom. The fourth-order valence-electron chi connectivity index (χ4n) is 8.43. The van der Waals surface area contributed by atoms with E-state index in [1.165, 1.54) is 12.0 Å². The van der Waals surface area contributed by atoms with Gasteiger partial charge < -0.3 is 48.4 Å². The Labute approximate surface area is 329 Å². The first-order valence-electron chi connectivity index (χ1n) is 19.5. The average Bonchev–Trinajstić information content (AvgIpc) is 3.20. The van der Waals surface area contributed by atoms with Gasteiger partial charge in [0.25, 0.3) is 0 Å². The summed E-state index contributed by atoms with van der Waals surface area (Å²) in [5, 5.41) is 27.0. The number of fused-ring (bicyclic) bond motifs is 2. The van der Waals surface area contributed by atoms with Crippen molar-refractivity contribution in [1.82, 2.24) is 4.90 Å². The van der Waals surface area contributed by atoms with Gasteiger partial charge in [0.2, 0.25) is 5.79 Å². The summed E-state index contributed by atoms with van der Waals surface area (Å²) in [6.07, 6.45) is 7.30. The predicted octanol–water partition coefficient (Wildman–Crippen LogP) is 7.06. The van der Waals surface area contributed by atoms with E-state index in [1.54, 1.807) is 57.5 Å². The summed E-state index contributed by atoms with van der Waals surface area (Å²) in [5.41, 5.74) is 2.78. The highest BCUT2D eigenvalue weighted by molar-refractivity contribution is 6.03. The summed E-state index contributed by atoms with van der Waals surface area (Å²) in [6.45, 7) is 8.36.